The zero-order valence-corrected chi connectivity index (χ0v) is 11.8. The molecule has 1 aromatic carbocycles. The van der Waals surface area contributed by atoms with Crippen LogP contribution < -0.4 is 10.1 Å². The van der Waals surface area contributed by atoms with Gasteiger partial charge in [-0.05, 0) is 18.6 Å². The van der Waals surface area contributed by atoms with E-state index in [1.54, 1.807) is 36.2 Å². The molecule has 0 aromatic heterocycles. The fourth-order valence-electron chi connectivity index (χ4n) is 1.52. The second-order valence-corrected chi connectivity index (χ2v) is 4.42. The van der Waals surface area contributed by atoms with Gasteiger partial charge >= 0.3 is 12.0 Å². The van der Waals surface area contributed by atoms with E-state index in [1.165, 1.54) is 0 Å². The summed E-state index contributed by atoms with van der Waals surface area (Å²) in [5.41, 5.74) is 0.571. The number of carbonyl (C=O) groups excluding carboxylic acids is 1. The molecule has 0 fully saturated rings. The number of carboxylic acids is 1. The van der Waals surface area contributed by atoms with Crippen LogP contribution >= 0.6 is 0 Å². The number of amides is 2. The second kappa shape index (κ2) is 8.04. The summed E-state index contributed by atoms with van der Waals surface area (Å²) in [5.74, 6) is -0.639. The molecule has 2 N–H and O–H groups in total. The van der Waals surface area contributed by atoms with Crippen LogP contribution in [0.15, 0.2) is 24.3 Å². The van der Waals surface area contributed by atoms with Crippen LogP contribution in [0, 0.1) is 0 Å². The Kier molecular flexibility index (Phi) is 6.36. The van der Waals surface area contributed by atoms with E-state index in [4.69, 9.17) is 9.84 Å². The number of aliphatic carboxylic acids is 1. The van der Waals surface area contributed by atoms with Crippen LogP contribution in [0.1, 0.15) is 19.8 Å². The Morgan fingerprint density at radius 1 is 1.40 bits per heavy atom. The molecule has 1 aromatic rings. The maximum atomic E-state index is 11.9. The molecule has 0 atom stereocenters. The highest BCUT2D eigenvalue weighted by molar-refractivity contribution is 5.89. The molecule has 0 saturated heterocycles. The maximum Gasteiger partial charge on any atom is 0.341 e. The molecule has 0 heterocycles. The van der Waals surface area contributed by atoms with Crippen molar-refractivity contribution in [2.45, 2.75) is 19.8 Å². The molecular weight excluding hydrogens is 260 g/mol. The first-order valence-electron chi connectivity index (χ1n) is 6.49. The molecule has 110 valence electrons. The van der Waals surface area contributed by atoms with Crippen LogP contribution in [-0.4, -0.2) is 42.2 Å². The fourth-order valence-corrected chi connectivity index (χ4v) is 1.52. The van der Waals surface area contributed by atoms with Crippen LogP contribution in [0.4, 0.5) is 10.5 Å². The highest BCUT2D eigenvalue weighted by Crippen LogP contribution is 2.17. The number of unbranched alkanes of at least 4 members (excludes halogenated alkanes) is 1. The van der Waals surface area contributed by atoms with Crippen LogP contribution in [0.5, 0.6) is 5.75 Å². The number of anilines is 1. The maximum absolute atomic E-state index is 11.9. The summed E-state index contributed by atoms with van der Waals surface area (Å²) in [5, 5.41) is 11.3. The molecule has 0 aliphatic heterocycles. The van der Waals surface area contributed by atoms with Gasteiger partial charge in [-0.2, -0.15) is 0 Å². The fraction of sp³-hybridized carbons (Fsp3) is 0.429. The first kappa shape index (κ1) is 15.8. The lowest BCUT2D eigenvalue weighted by Crippen LogP contribution is -2.32. The summed E-state index contributed by atoms with van der Waals surface area (Å²) in [6.45, 7) is 2.35. The highest BCUT2D eigenvalue weighted by Gasteiger charge is 2.08. The van der Waals surface area contributed by atoms with Crippen molar-refractivity contribution in [1.29, 1.82) is 0 Å². The molecule has 0 spiro atoms. The van der Waals surface area contributed by atoms with Crippen molar-refractivity contribution in [1.82, 2.24) is 4.90 Å². The first-order valence-corrected chi connectivity index (χ1v) is 6.49. The smallest absolute Gasteiger partial charge is 0.341 e. The Morgan fingerprint density at radius 2 is 2.15 bits per heavy atom. The van der Waals surface area contributed by atoms with Crippen LogP contribution in [0.2, 0.25) is 0 Å². The number of nitrogens with one attached hydrogen (secondary N) is 1. The van der Waals surface area contributed by atoms with Crippen molar-refractivity contribution in [3.8, 4) is 5.75 Å². The predicted octanol–water partition coefficient (Wildman–Crippen LogP) is 2.41. The van der Waals surface area contributed by atoms with Gasteiger partial charge in [0, 0.05) is 25.3 Å². The van der Waals surface area contributed by atoms with E-state index in [0.29, 0.717) is 18.0 Å². The number of carbonyl (C=O) groups is 2. The van der Waals surface area contributed by atoms with Crippen molar-refractivity contribution in [3.63, 3.8) is 0 Å². The van der Waals surface area contributed by atoms with Crippen molar-refractivity contribution < 1.29 is 19.4 Å². The van der Waals surface area contributed by atoms with Gasteiger partial charge in [0.15, 0.2) is 6.61 Å². The number of urea groups is 1. The average Bonchev–Trinajstić information content (AvgIpc) is 2.42. The number of ether oxygens (including phenoxy) is 1. The highest BCUT2D eigenvalue weighted by atomic mass is 16.5. The number of benzene rings is 1. The van der Waals surface area contributed by atoms with Crippen LogP contribution in [0.25, 0.3) is 0 Å². The standard InChI is InChI=1S/C14H20N2O4/c1-3-4-8-16(2)14(19)15-11-6-5-7-12(9-11)20-10-13(17)18/h5-7,9H,3-4,8,10H2,1-2H3,(H,15,19)(H,17,18). The zero-order chi connectivity index (χ0) is 15.0. The topological polar surface area (TPSA) is 78.9 Å². The van der Waals surface area contributed by atoms with Crippen LogP contribution in [0.3, 0.4) is 0 Å². The lowest BCUT2D eigenvalue weighted by molar-refractivity contribution is -0.139. The Bertz CT molecular complexity index is 462. The summed E-state index contributed by atoms with van der Waals surface area (Å²) in [6, 6.07) is 6.44. The Hall–Kier alpha value is -2.24. The predicted molar refractivity (Wildman–Crippen MR) is 76.1 cm³/mol. The molecule has 0 bridgehead atoms. The summed E-state index contributed by atoms with van der Waals surface area (Å²) >= 11 is 0. The molecule has 0 unspecified atom stereocenters. The van der Waals surface area contributed by atoms with Gasteiger partial charge in [0.25, 0.3) is 0 Å². The van der Waals surface area contributed by atoms with E-state index < -0.39 is 12.6 Å². The van der Waals surface area contributed by atoms with Gasteiger partial charge in [-0.1, -0.05) is 19.4 Å². The molecule has 0 saturated carbocycles. The van der Waals surface area contributed by atoms with Crippen molar-refractivity contribution in [2.75, 3.05) is 25.5 Å². The quantitative estimate of drug-likeness (QED) is 0.804. The molecule has 20 heavy (non-hydrogen) atoms. The normalized spacial score (nSPS) is 9.90. The molecule has 1 rings (SSSR count). The number of carboxylic acid groups (broad SMARTS) is 1. The summed E-state index contributed by atoms with van der Waals surface area (Å²) in [4.78, 5) is 23.9. The largest absolute Gasteiger partial charge is 0.482 e. The minimum Gasteiger partial charge on any atom is -0.482 e. The molecule has 6 nitrogen and oxygen atoms in total. The Labute approximate surface area is 118 Å². The number of hydrogen-bond acceptors (Lipinski definition) is 3. The Morgan fingerprint density at radius 3 is 2.80 bits per heavy atom. The van der Waals surface area contributed by atoms with Crippen molar-refractivity contribution in [2.24, 2.45) is 0 Å². The van der Waals surface area contributed by atoms with E-state index in [9.17, 15) is 9.59 Å². The molecule has 0 radical (unpaired) electrons. The van der Waals surface area contributed by atoms with E-state index in [-0.39, 0.29) is 6.03 Å². The van der Waals surface area contributed by atoms with Gasteiger partial charge in [0.2, 0.25) is 0 Å². The van der Waals surface area contributed by atoms with Crippen LogP contribution in [-0.2, 0) is 4.79 Å². The molecule has 0 aliphatic carbocycles. The molecule has 0 aliphatic rings. The second-order valence-electron chi connectivity index (χ2n) is 4.42. The lowest BCUT2D eigenvalue weighted by Gasteiger charge is -2.17. The van der Waals surface area contributed by atoms with Gasteiger partial charge in [0.05, 0.1) is 0 Å². The number of hydrogen-bond donors (Lipinski definition) is 2. The van der Waals surface area contributed by atoms with Crippen molar-refractivity contribution in [3.05, 3.63) is 24.3 Å². The number of nitrogens with zero attached hydrogens (tertiary/aromatic N) is 1. The van der Waals surface area contributed by atoms with E-state index in [2.05, 4.69) is 12.2 Å². The van der Waals surface area contributed by atoms with Gasteiger partial charge in [-0.3, -0.25) is 0 Å². The zero-order valence-electron chi connectivity index (χ0n) is 11.8. The molecular formula is C14H20N2O4. The minimum absolute atomic E-state index is 0.200. The summed E-state index contributed by atoms with van der Waals surface area (Å²) in [6.07, 6.45) is 1.97. The van der Waals surface area contributed by atoms with Crippen molar-refractivity contribution >= 4 is 17.7 Å². The molecule has 6 heteroatoms. The summed E-state index contributed by atoms with van der Waals surface area (Å²) < 4.78 is 5.05. The SMILES string of the molecule is CCCCN(C)C(=O)Nc1cccc(OCC(=O)O)c1. The minimum atomic E-state index is -1.04. The summed E-state index contributed by atoms with van der Waals surface area (Å²) in [7, 11) is 1.73. The first-order chi connectivity index (χ1) is 9.52. The third-order valence-electron chi connectivity index (χ3n) is 2.64. The van der Waals surface area contributed by atoms with E-state index in [1.807, 2.05) is 0 Å². The average molecular weight is 280 g/mol. The van der Waals surface area contributed by atoms with E-state index >= 15 is 0 Å². The van der Waals surface area contributed by atoms with Gasteiger partial charge < -0.3 is 20.1 Å². The monoisotopic (exact) mass is 280 g/mol. The van der Waals surface area contributed by atoms with E-state index in [0.717, 1.165) is 12.8 Å². The third kappa shape index (κ3) is 5.60. The van der Waals surface area contributed by atoms with Gasteiger partial charge in [-0.15, -0.1) is 0 Å². The molecule has 2 amide bonds. The van der Waals surface area contributed by atoms with Gasteiger partial charge in [0.1, 0.15) is 5.75 Å². The van der Waals surface area contributed by atoms with Gasteiger partial charge in [-0.25, -0.2) is 9.59 Å². The number of rotatable bonds is 7. The third-order valence-corrected chi connectivity index (χ3v) is 2.64. The lowest BCUT2D eigenvalue weighted by atomic mass is 10.3. The Balaban J connectivity index is 2.56.